The molecule has 7 heteroatoms. The molecule has 0 saturated carbocycles. The molecule has 2 aromatic rings. The van der Waals surface area contributed by atoms with Gasteiger partial charge in [-0.25, -0.2) is 0 Å². The SMILES string of the molecule is Cc1cc(N)ccc1N.Nc1cccc(S(=O)(=O)O)c1. The zero-order valence-corrected chi connectivity index (χ0v) is 11.8. The highest BCUT2D eigenvalue weighted by atomic mass is 32.2. The Morgan fingerprint density at radius 3 is 1.95 bits per heavy atom. The van der Waals surface area contributed by atoms with Gasteiger partial charge in [0, 0.05) is 17.1 Å². The summed E-state index contributed by atoms with van der Waals surface area (Å²) in [5.74, 6) is 0. The molecule has 0 aromatic heterocycles. The Morgan fingerprint density at radius 2 is 1.55 bits per heavy atom. The molecule has 6 nitrogen and oxygen atoms in total. The molecule has 0 fully saturated rings. The maximum Gasteiger partial charge on any atom is 0.294 e. The van der Waals surface area contributed by atoms with Crippen molar-refractivity contribution in [3.8, 4) is 0 Å². The molecule has 0 heterocycles. The number of hydrogen-bond acceptors (Lipinski definition) is 5. The minimum absolute atomic E-state index is 0.183. The van der Waals surface area contributed by atoms with E-state index >= 15 is 0 Å². The highest BCUT2D eigenvalue weighted by Crippen LogP contribution is 2.13. The molecular weight excluding hydrogens is 278 g/mol. The maximum absolute atomic E-state index is 10.5. The normalized spacial score (nSPS) is 10.5. The maximum atomic E-state index is 10.5. The lowest BCUT2D eigenvalue weighted by atomic mass is 10.2. The number of aryl methyl sites for hydroxylation is 1. The number of hydrogen-bond donors (Lipinski definition) is 4. The first-order valence-electron chi connectivity index (χ1n) is 5.65. The summed E-state index contributed by atoms with van der Waals surface area (Å²) in [4.78, 5) is -0.183. The summed E-state index contributed by atoms with van der Waals surface area (Å²) in [6.07, 6.45) is 0. The Morgan fingerprint density at radius 1 is 0.950 bits per heavy atom. The van der Waals surface area contributed by atoms with E-state index in [9.17, 15) is 8.42 Å². The lowest BCUT2D eigenvalue weighted by Gasteiger charge is -1.98. The Labute approximate surface area is 118 Å². The second kappa shape index (κ2) is 6.27. The molecule has 0 aliphatic rings. The first kappa shape index (κ1) is 15.8. The number of anilines is 3. The summed E-state index contributed by atoms with van der Waals surface area (Å²) >= 11 is 0. The molecule has 0 amide bonds. The van der Waals surface area contributed by atoms with E-state index < -0.39 is 10.1 Å². The highest BCUT2D eigenvalue weighted by molar-refractivity contribution is 7.85. The van der Waals surface area contributed by atoms with Crippen LogP contribution < -0.4 is 17.2 Å². The van der Waals surface area contributed by atoms with Gasteiger partial charge in [0.1, 0.15) is 0 Å². The third-order valence-corrected chi connectivity index (χ3v) is 3.30. The summed E-state index contributed by atoms with van der Waals surface area (Å²) in [6, 6.07) is 10.9. The summed E-state index contributed by atoms with van der Waals surface area (Å²) in [6.45, 7) is 1.94. The molecule has 0 bridgehead atoms. The van der Waals surface area contributed by atoms with Gasteiger partial charge in [-0.05, 0) is 48.9 Å². The van der Waals surface area contributed by atoms with Gasteiger partial charge >= 0.3 is 0 Å². The predicted molar refractivity (Wildman–Crippen MR) is 80.7 cm³/mol. The van der Waals surface area contributed by atoms with Crippen LogP contribution in [-0.2, 0) is 10.1 Å². The Bertz CT molecular complexity index is 700. The highest BCUT2D eigenvalue weighted by Gasteiger charge is 2.07. The van der Waals surface area contributed by atoms with Crippen LogP contribution in [0.3, 0.4) is 0 Å². The number of benzene rings is 2. The van der Waals surface area contributed by atoms with Gasteiger partial charge < -0.3 is 17.2 Å². The van der Waals surface area contributed by atoms with Crippen molar-refractivity contribution in [2.75, 3.05) is 17.2 Å². The number of rotatable bonds is 1. The summed E-state index contributed by atoms with van der Waals surface area (Å²) < 4.78 is 29.5. The second-order valence-electron chi connectivity index (χ2n) is 4.16. The monoisotopic (exact) mass is 295 g/mol. The molecule has 0 radical (unpaired) electrons. The van der Waals surface area contributed by atoms with Crippen molar-refractivity contribution in [1.29, 1.82) is 0 Å². The average Bonchev–Trinajstić information content (AvgIpc) is 2.34. The van der Waals surface area contributed by atoms with Crippen LogP contribution in [0, 0.1) is 6.92 Å². The molecule has 0 unspecified atom stereocenters. The van der Waals surface area contributed by atoms with Crippen molar-refractivity contribution >= 4 is 27.2 Å². The first-order valence-corrected chi connectivity index (χ1v) is 7.09. The van der Waals surface area contributed by atoms with Crippen LogP contribution in [0.15, 0.2) is 47.4 Å². The van der Waals surface area contributed by atoms with Crippen LogP contribution in [-0.4, -0.2) is 13.0 Å². The van der Waals surface area contributed by atoms with E-state index in [1.165, 1.54) is 24.3 Å². The summed E-state index contributed by atoms with van der Waals surface area (Å²) in [5.41, 5.74) is 19.2. The van der Waals surface area contributed by atoms with Gasteiger partial charge in [-0.2, -0.15) is 8.42 Å². The van der Waals surface area contributed by atoms with E-state index in [0.29, 0.717) is 5.69 Å². The van der Waals surface area contributed by atoms with Crippen LogP contribution in [0.1, 0.15) is 5.56 Å². The fraction of sp³-hybridized carbons (Fsp3) is 0.0769. The fourth-order valence-corrected chi connectivity index (χ4v) is 1.91. The third kappa shape index (κ3) is 4.79. The van der Waals surface area contributed by atoms with Gasteiger partial charge in [-0.3, -0.25) is 4.55 Å². The van der Waals surface area contributed by atoms with E-state index in [2.05, 4.69) is 0 Å². The minimum atomic E-state index is -4.11. The van der Waals surface area contributed by atoms with Crippen LogP contribution in [0.2, 0.25) is 0 Å². The molecule has 0 aliphatic carbocycles. The number of nitrogens with two attached hydrogens (primary N) is 3. The minimum Gasteiger partial charge on any atom is -0.399 e. The van der Waals surface area contributed by atoms with Gasteiger partial charge in [0.25, 0.3) is 10.1 Å². The van der Waals surface area contributed by atoms with Gasteiger partial charge in [0.15, 0.2) is 0 Å². The summed E-state index contributed by atoms with van der Waals surface area (Å²) in [5, 5.41) is 0. The van der Waals surface area contributed by atoms with E-state index in [-0.39, 0.29) is 4.90 Å². The van der Waals surface area contributed by atoms with Crippen molar-refractivity contribution in [2.45, 2.75) is 11.8 Å². The quantitative estimate of drug-likeness (QED) is 0.467. The number of nitrogen functional groups attached to an aromatic ring is 3. The predicted octanol–water partition coefficient (Wildman–Crippen LogP) is 1.67. The van der Waals surface area contributed by atoms with Crippen molar-refractivity contribution in [3.63, 3.8) is 0 Å². The Hall–Kier alpha value is -2.25. The average molecular weight is 295 g/mol. The van der Waals surface area contributed by atoms with Gasteiger partial charge in [-0.15, -0.1) is 0 Å². The zero-order chi connectivity index (χ0) is 15.3. The lowest BCUT2D eigenvalue weighted by molar-refractivity contribution is 0.483. The van der Waals surface area contributed by atoms with Gasteiger partial charge in [0.05, 0.1) is 4.90 Å². The molecule has 20 heavy (non-hydrogen) atoms. The largest absolute Gasteiger partial charge is 0.399 e. The lowest BCUT2D eigenvalue weighted by Crippen LogP contribution is -1.98. The molecular formula is C13H17N3O3S. The topological polar surface area (TPSA) is 132 Å². The molecule has 2 rings (SSSR count). The van der Waals surface area contributed by atoms with Crippen LogP contribution in [0.25, 0.3) is 0 Å². The molecule has 2 aromatic carbocycles. The molecule has 108 valence electrons. The van der Waals surface area contributed by atoms with Crippen LogP contribution >= 0.6 is 0 Å². The molecule has 0 aliphatic heterocycles. The van der Waals surface area contributed by atoms with E-state index in [4.69, 9.17) is 21.8 Å². The fourth-order valence-electron chi connectivity index (χ4n) is 1.37. The molecule has 7 N–H and O–H groups in total. The standard InChI is InChI=1S/C7H10N2.C6H7NO3S/c1-5-4-6(8)2-3-7(5)9;7-5-2-1-3-6(4-5)11(8,9)10/h2-4H,8-9H2,1H3;1-4H,7H2,(H,8,9,10). The van der Waals surface area contributed by atoms with Crippen molar-refractivity contribution in [3.05, 3.63) is 48.0 Å². The van der Waals surface area contributed by atoms with E-state index in [1.54, 1.807) is 6.07 Å². The molecule has 0 saturated heterocycles. The Kier molecular flexibility index (Phi) is 4.95. The third-order valence-electron chi connectivity index (χ3n) is 2.45. The smallest absolute Gasteiger partial charge is 0.294 e. The summed E-state index contributed by atoms with van der Waals surface area (Å²) in [7, 11) is -4.11. The van der Waals surface area contributed by atoms with Crippen molar-refractivity contribution < 1.29 is 13.0 Å². The van der Waals surface area contributed by atoms with E-state index in [0.717, 1.165) is 16.9 Å². The van der Waals surface area contributed by atoms with Crippen LogP contribution in [0.5, 0.6) is 0 Å². The van der Waals surface area contributed by atoms with Gasteiger partial charge in [0.2, 0.25) is 0 Å². The molecule has 0 spiro atoms. The molecule has 0 atom stereocenters. The first-order chi connectivity index (χ1) is 9.20. The van der Waals surface area contributed by atoms with Crippen molar-refractivity contribution in [2.24, 2.45) is 0 Å². The van der Waals surface area contributed by atoms with Gasteiger partial charge in [-0.1, -0.05) is 6.07 Å². The Balaban J connectivity index is 0.000000204. The zero-order valence-electron chi connectivity index (χ0n) is 10.9. The van der Waals surface area contributed by atoms with E-state index in [1.807, 2.05) is 19.1 Å². The van der Waals surface area contributed by atoms with Crippen LogP contribution in [0.4, 0.5) is 17.1 Å². The second-order valence-corrected chi connectivity index (χ2v) is 5.59. The van der Waals surface area contributed by atoms with Crippen molar-refractivity contribution in [1.82, 2.24) is 0 Å².